The number of aromatic nitrogens is 4. The van der Waals surface area contributed by atoms with Crippen LogP contribution in [0.1, 0.15) is 53.1 Å². The molecule has 0 bridgehead atoms. The number of rotatable bonds is 23. The molecule has 0 unspecified atom stereocenters. The molecule has 5 rings (SSSR count). The summed E-state index contributed by atoms with van der Waals surface area (Å²) in [4.78, 5) is 78.3. The van der Waals surface area contributed by atoms with Gasteiger partial charge in [-0.3, -0.25) is 28.8 Å². The quantitative estimate of drug-likeness (QED) is 0.0304. The first-order chi connectivity index (χ1) is 42.8. The van der Waals surface area contributed by atoms with Gasteiger partial charge in [0.15, 0.2) is 23.0 Å². The molecule has 2 aromatic carbocycles. The average molecular weight is 4970 g/mol. The third-order valence-electron chi connectivity index (χ3n) is 8.38. The molecule has 0 atom stereocenters. The van der Waals surface area contributed by atoms with E-state index in [2.05, 4.69) is 341 Å². The van der Waals surface area contributed by atoms with Crippen molar-refractivity contribution in [3.63, 3.8) is 0 Å². The predicted octanol–water partition coefficient (Wildman–Crippen LogP) is 35.1. The van der Waals surface area contributed by atoms with Gasteiger partial charge in [-0.2, -0.15) is 25.3 Å². The Morgan fingerprint density at radius 2 is 0.967 bits per heavy atom. The molecule has 0 saturated carbocycles. The van der Waals surface area contributed by atoms with Gasteiger partial charge in [0.2, 0.25) is 11.5 Å². The molecular weight excluding hydrogens is 4930 g/mol. The van der Waals surface area contributed by atoms with Crippen molar-refractivity contribution < 1.29 is 33.4 Å². The number of hydrazone groups is 1. The van der Waals surface area contributed by atoms with Crippen molar-refractivity contribution in [1.82, 2.24) is 24.4 Å². The number of benzene rings is 2. The third-order valence-corrected chi connectivity index (χ3v) is 2320. The van der Waals surface area contributed by atoms with Crippen molar-refractivity contribution >= 4 is 522 Å². The molecule has 1 aliphatic heterocycles. The fraction of sp³-hybridized carbons (Fsp3) is 0.270. The Morgan fingerprint density at radius 3 is 1.27 bits per heavy atom. The van der Waals surface area contributed by atoms with Crippen LogP contribution in [-0.4, -0.2) is 61.7 Å². The number of amides is 3. The van der Waals surface area contributed by atoms with Gasteiger partial charge in [-0.05, 0) is 58.9 Å². The summed E-state index contributed by atoms with van der Waals surface area (Å²) in [5.74, 6) is -0.956. The van der Waals surface area contributed by atoms with Gasteiger partial charge in [0, 0.05) is 17.8 Å². The Labute approximate surface area is 769 Å². The van der Waals surface area contributed by atoms with Crippen LogP contribution >= 0.6 is 481 Å². The largest absolute Gasteiger partial charge is 0.450 e. The van der Waals surface area contributed by atoms with Crippen LogP contribution in [0.4, 0.5) is 16.2 Å². The Hall–Kier alpha value is 16.9. The van der Waals surface area contributed by atoms with Crippen LogP contribution in [0, 0.1) is 17.9 Å². The van der Waals surface area contributed by atoms with Crippen LogP contribution < -0.4 is 36.9 Å². The molecule has 19 nitrogen and oxygen atoms in total. The monoisotopic (exact) mass is 4960 g/mol. The number of carbonyl (C=O) groups is 4. The number of alkyl carbamates (subject to hydrolysis) is 1. The number of nitriles is 1. The number of hydrogen-bond acceptors (Lipinski definition) is 14. The minimum atomic E-state index is -0.804. The van der Waals surface area contributed by atoms with Gasteiger partial charge in [0.25, 0.3) is 12.5 Å². The molecule has 0 saturated heterocycles. The standard InChI is InChI=1S/C18H13Cl2N5O4.C13H13Cl2N3O2.C6H8N2O3.I32/c1-9(2)24-8-11(7-22-18(24)28)29-17-12(19)3-10(4-13(17)20)25-16(27)5-15(26)14(6-21)23-25;1-7(2)18-6-9(5-17-13(18)19)20-12-10(14)3-8(16)4-11(12)15;1-3-11-6(10)8-5(9)4-7-2;1-18(2)20(5)22(7)24(9)26(11)28(13)30(15)32(17)31(16)29(14)27(12)25(10)23(8)21(6)19(3)4/h3-4,7-9H,5H2,1-2H3;3-7H,16H2,1-2H3;3-4H2,1H3,(H,8,9,10);. The van der Waals surface area contributed by atoms with Crippen molar-refractivity contribution in [1.29, 1.82) is 5.26 Å². The molecule has 0 fully saturated rings. The van der Waals surface area contributed by atoms with Crippen LogP contribution in [-0.2, 0) is 19.1 Å². The van der Waals surface area contributed by atoms with Crippen LogP contribution in [0.25, 0.3) is 4.85 Å². The molecule has 0 aliphatic carbocycles. The minimum absolute atomic E-state index is 0.0316. The fourth-order valence-corrected chi connectivity index (χ4v) is 5450. The van der Waals surface area contributed by atoms with Crippen LogP contribution in [0.5, 0.6) is 23.0 Å². The zero-order valence-corrected chi connectivity index (χ0v) is 116. The number of nitrogens with zero attached hydrogens (tertiary/aromatic N) is 8. The molecule has 4 aromatic rings. The Kier molecular flexibility index (Phi) is 64.2. The van der Waals surface area contributed by atoms with E-state index in [0.717, 1.165) is 5.01 Å². The number of Topliss-reactive ketones (excluding diaryl/α,β-unsaturated/α-hetero) is 1. The summed E-state index contributed by atoms with van der Waals surface area (Å²) in [6.07, 6.45) is 4.31. The van der Waals surface area contributed by atoms with E-state index in [4.69, 9.17) is 73.4 Å². The summed E-state index contributed by atoms with van der Waals surface area (Å²) in [7, 11) is -7.10. The molecule has 55 heteroatoms. The topological polar surface area (TPSA) is 248 Å². The number of imide groups is 1. The van der Waals surface area contributed by atoms with Gasteiger partial charge in [0.05, 0.1) is 63.6 Å². The van der Waals surface area contributed by atoms with E-state index < -0.39 is 154 Å². The van der Waals surface area contributed by atoms with Gasteiger partial charge in [0.1, 0.15) is 6.07 Å². The first-order valence-corrected chi connectivity index (χ1v) is 218. The van der Waals surface area contributed by atoms with Crippen molar-refractivity contribution in [3.8, 4) is 29.1 Å². The SMILES string of the molecule is CC(C)n1cc(Oc2c(Cl)cc(N)cc2Cl)cnc1=O.CC(C)n1cc(Oc2c(Cl)cc(N3N=C(C#N)C(=O)CC3=O)cc2Cl)cnc1=O.II(I)I(I)I(I)I(I)I(I)I(I)I(I)I(I)I(I)I(I)I(I)I(I)I(I)I(I)I(I)I.[C-]#[N+]CC(=O)NC(=O)OCC. The van der Waals surface area contributed by atoms with Crippen molar-refractivity contribution in [2.24, 2.45) is 5.10 Å². The van der Waals surface area contributed by atoms with E-state index in [-0.39, 0.29) is 79.7 Å². The zero-order chi connectivity index (χ0) is 70.5. The number of halogens is 36. The summed E-state index contributed by atoms with van der Waals surface area (Å²) in [6.45, 7) is 15.1. The number of nitrogens with two attached hydrogens (primary N) is 1. The third kappa shape index (κ3) is 37.4. The van der Waals surface area contributed by atoms with E-state index in [0.29, 0.717) is 11.4 Å². The van der Waals surface area contributed by atoms with Gasteiger partial charge in [-0.1, -0.05) is 46.4 Å². The van der Waals surface area contributed by atoms with Gasteiger partial charge < -0.3 is 24.8 Å². The van der Waals surface area contributed by atoms with E-state index >= 15 is 0 Å². The summed E-state index contributed by atoms with van der Waals surface area (Å²) < 4.78 is 18.5. The molecule has 92 heavy (non-hydrogen) atoms. The zero-order valence-electron chi connectivity index (χ0n) is 44.3. The van der Waals surface area contributed by atoms with Crippen molar-refractivity contribution in [2.75, 3.05) is 23.9 Å². The molecule has 3 heterocycles. The molecule has 2 aromatic heterocycles. The maximum absolute atomic E-state index is 12.1. The van der Waals surface area contributed by atoms with Crippen molar-refractivity contribution in [2.45, 2.75) is 53.1 Å². The maximum atomic E-state index is 12.1. The van der Waals surface area contributed by atoms with E-state index in [9.17, 15) is 28.8 Å². The van der Waals surface area contributed by atoms with E-state index in [1.54, 1.807) is 19.2 Å². The number of hydrogen-bond donors (Lipinski definition) is 2. The van der Waals surface area contributed by atoms with Crippen LogP contribution in [0.2, 0.25) is 20.1 Å². The summed E-state index contributed by atoms with van der Waals surface area (Å²) in [5, 5.41) is 16.2. The predicted molar refractivity (Wildman–Crippen MR) is 671 cm³/mol. The molecule has 0 radical (unpaired) electrons. The summed E-state index contributed by atoms with van der Waals surface area (Å²) in [5.41, 5.74) is 5.07. The van der Waals surface area contributed by atoms with Crippen LogP contribution in [0.3, 0.4) is 0 Å². The minimum Gasteiger partial charge on any atom is -0.450 e. The second kappa shape index (κ2) is 56.3. The normalized spacial score (nSPS) is 14.2. The van der Waals surface area contributed by atoms with Crippen LogP contribution in [0.15, 0.2) is 63.7 Å². The number of carbonyl (C=O) groups excluding carboxylic acids is 4. The first-order valence-electron chi connectivity index (χ1n) is 21.6. The molecular formula is C37H34Cl4I32N10O9. The van der Waals surface area contributed by atoms with E-state index in [1.165, 1.54) is 52.0 Å². The first kappa shape index (κ1) is 105. The van der Waals surface area contributed by atoms with Gasteiger partial charge in [-0.25, -0.2) is 21.0 Å². The second-order valence-electron chi connectivity index (χ2n) is 14.8. The maximum Gasteiger partial charge on any atom is 0.414 e. The smallest absolute Gasteiger partial charge is 0.414 e. The van der Waals surface area contributed by atoms with Gasteiger partial charge in [-0.15, -0.1) is 0 Å². The molecule has 538 valence electrons. The summed E-state index contributed by atoms with van der Waals surface area (Å²) >= 11 is 78.4. The average Bonchev–Trinajstić information content (AvgIpc) is 0.846. The molecule has 3 N–H and O–H groups in total. The number of ether oxygens (including phenoxy) is 3. The fourth-order valence-electron chi connectivity index (χ4n) is 4.93. The Bertz CT molecular complexity index is 3330. The number of nitrogen functional groups attached to an aromatic ring is 1. The Balaban J connectivity index is 0.000000441. The van der Waals surface area contributed by atoms with Gasteiger partial charge >= 0.3 is 458 Å². The second-order valence-corrected chi connectivity index (χ2v) is 747. The number of nitrogens with one attached hydrogen (secondary N) is 1. The molecule has 1 aliphatic rings. The van der Waals surface area contributed by atoms with Crippen molar-refractivity contribution in [3.05, 3.63) is 102 Å². The molecule has 0 spiro atoms. The molecule has 3 amide bonds. The van der Waals surface area contributed by atoms with E-state index in [1.807, 2.05) is 33.0 Å². The number of anilines is 2. The summed E-state index contributed by atoms with van der Waals surface area (Å²) in [6, 6.07) is 7.28. The number of ketones is 1. The Morgan fingerprint density at radius 1 is 0.630 bits per heavy atom.